The van der Waals surface area contributed by atoms with E-state index in [9.17, 15) is 8.42 Å². The number of thioether (sulfide) groups is 1. The fraction of sp³-hybridized carbons (Fsp3) is 0.714. The van der Waals surface area contributed by atoms with Gasteiger partial charge in [0, 0.05) is 49.6 Å². The molecule has 0 aromatic carbocycles. The lowest BCUT2D eigenvalue weighted by molar-refractivity contribution is 0.443. The van der Waals surface area contributed by atoms with Crippen LogP contribution in [-0.2, 0) is 23.1 Å². The van der Waals surface area contributed by atoms with Crippen LogP contribution >= 0.6 is 11.8 Å². The van der Waals surface area contributed by atoms with E-state index in [0.29, 0.717) is 24.5 Å². The molecule has 120 valence electrons. The largest absolute Gasteiger partial charge is 0.349 e. The van der Waals surface area contributed by atoms with Crippen molar-refractivity contribution in [2.45, 2.75) is 38.3 Å². The van der Waals surface area contributed by atoms with Gasteiger partial charge >= 0.3 is 0 Å². The van der Waals surface area contributed by atoms with Gasteiger partial charge < -0.3 is 9.88 Å². The summed E-state index contributed by atoms with van der Waals surface area (Å²) in [4.78, 5) is 0.435. The fourth-order valence-electron chi connectivity index (χ4n) is 2.44. The van der Waals surface area contributed by atoms with Gasteiger partial charge in [0.05, 0.1) is 0 Å². The summed E-state index contributed by atoms with van der Waals surface area (Å²) in [5.41, 5.74) is 1.04. The van der Waals surface area contributed by atoms with Crippen molar-refractivity contribution in [3.8, 4) is 0 Å². The molecule has 1 aliphatic rings. The molecule has 2 heterocycles. The quantitative estimate of drug-likeness (QED) is 0.774. The molecule has 1 aliphatic heterocycles. The van der Waals surface area contributed by atoms with Crippen LogP contribution in [0, 0.1) is 0 Å². The van der Waals surface area contributed by atoms with Crippen LogP contribution in [-0.4, -0.2) is 48.4 Å². The SMILES string of the molecule is CCCNCc1cc(S(=O)(=O)N2CCSCC2)cn1CC. The predicted molar refractivity (Wildman–Crippen MR) is 88.2 cm³/mol. The first-order valence-corrected chi connectivity index (χ1v) is 10.2. The molecular weight excluding hydrogens is 306 g/mol. The molecule has 1 fully saturated rings. The monoisotopic (exact) mass is 331 g/mol. The van der Waals surface area contributed by atoms with Crippen molar-refractivity contribution in [1.82, 2.24) is 14.2 Å². The Labute approximate surface area is 132 Å². The number of hydrogen-bond donors (Lipinski definition) is 1. The molecular formula is C14H25N3O2S2. The molecule has 0 unspecified atom stereocenters. The number of nitrogens with one attached hydrogen (secondary N) is 1. The molecule has 2 rings (SSSR count). The Kier molecular flexibility index (Phi) is 6.16. The van der Waals surface area contributed by atoms with E-state index < -0.39 is 10.0 Å². The number of aromatic nitrogens is 1. The third kappa shape index (κ3) is 4.03. The smallest absolute Gasteiger partial charge is 0.244 e. The Morgan fingerprint density at radius 1 is 1.29 bits per heavy atom. The number of nitrogens with zero attached hydrogens (tertiary/aromatic N) is 2. The van der Waals surface area contributed by atoms with Crippen molar-refractivity contribution in [3.05, 3.63) is 18.0 Å². The number of rotatable bonds is 7. The Morgan fingerprint density at radius 2 is 2.00 bits per heavy atom. The van der Waals surface area contributed by atoms with Gasteiger partial charge in [0.1, 0.15) is 4.90 Å². The van der Waals surface area contributed by atoms with E-state index >= 15 is 0 Å². The van der Waals surface area contributed by atoms with Gasteiger partial charge in [0.15, 0.2) is 0 Å². The van der Waals surface area contributed by atoms with Gasteiger partial charge in [-0.15, -0.1) is 0 Å². The lowest BCUT2D eigenvalue weighted by Crippen LogP contribution is -2.37. The summed E-state index contributed by atoms with van der Waals surface area (Å²) in [5, 5.41) is 3.34. The van der Waals surface area contributed by atoms with Crippen LogP contribution in [0.25, 0.3) is 0 Å². The van der Waals surface area contributed by atoms with Crippen molar-refractivity contribution >= 4 is 21.8 Å². The van der Waals surface area contributed by atoms with E-state index in [1.807, 2.05) is 29.3 Å². The van der Waals surface area contributed by atoms with E-state index in [4.69, 9.17) is 0 Å². The fourth-order valence-corrected chi connectivity index (χ4v) is 5.08. The van der Waals surface area contributed by atoms with E-state index in [2.05, 4.69) is 12.2 Å². The summed E-state index contributed by atoms with van der Waals surface area (Å²) in [6.45, 7) is 7.84. The topological polar surface area (TPSA) is 54.3 Å². The molecule has 0 aliphatic carbocycles. The molecule has 0 amide bonds. The summed E-state index contributed by atoms with van der Waals surface area (Å²) in [6.07, 6.45) is 2.85. The summed E-state index contributed by atoms with van der Waals surface area (Å²) in [5.74, 6) is 1.78. The Morgan fingerprint density at radius 3 is 2.62 bits per heavy atom. The van der Waals surface area contributed by atoms with Crippen molar-refractivity contribution < 1.29 is 8.42 Å². The maximum Gasteiger partial charge on any atom is 0.244 e. The maximum absolute atomic E-state index is 12.7. The van der Waals surface area contributed by atoms with E-state index in [1.54, 1.807) is 10.5 Å². The van der Waals surface area contributed by atoms with Crippen LogP contribution in [0.4, 0.5) is 0 Å². The van der Waals surface area contributed by atoms with Crippen LogP contribution < -0.4 is 5.32 Å². The molecule has 1 N–H and O–H groups in total. The Bertz CT molecular complexity index is 549. The van der Waals surface area contributed by atoms with Crippen molar-refractivity contribution in [1.29, 1.82) is 0 Å². The first kappa shape index (κ1) is 16.9. The summed E-state index contributed by atoms with van der Waals surface area (Å²) in [7, 11) is -3.33. The van der Waals surface area contributed by atoms with Crippen LogP contribution in [0.3, 0.4) is 0 Å². The summed E-state index contributed by atoms with van der Waals surface area (Å²) >= 11 is 1.82. The second-order valence-electron chi connectivity index (χ2n) is 5.15. The average molecular weight is 332 g/mol. The second kappa shape index (κ2) is 7.67. The van der Waals surface area contributed by atoms with Gasteiger partial charge in [-0.2, -0.15) is 16.1 Å². The number of aryl methyl sites for hydroxylation is 1. The van der Waals surface area contributed by atoms with Crippen molar-refractivity contribution in [2.75, 3.05) is 31.1 Å². The molecule has 0 atom stereocenters. The van der Waals surface area contributed by atoms with Gasteiger partial charge in [-0.1, -0.05) is 6.92 Å². The molecule has 0 radical (unpaired) electrons. The van der Waals surface area contributed by atoms with E-state index in [-0.39, 0.29) is 0 Å². The number of sulfonamides is 1. The molecule has 7 heteroatoms. The molecule has 1 saturated heterocycles. The minimum absolute atomic E-state index is 0.435. The first-order valence-electron chi connectivity index (χ1n) is 7.57. The van der Waals surface area contributed by atoms with E-state index in [0.717, 1.165) is 36.7 Å². The van der Waals surface area contributed by atoms with Crippen molar-refractivity contribution in [2.24, 2.45) is 0 Å². The number of hydrogen-bond acceptors (Lipinski definition) is 4. The maximum atomic E-state index is 12.7. The highest BCUT2D eigenvalue weighted by molar-refractivity contribution is 7.99. The predicted octanol–water partition coefficient (Wildman–Crippen LogP) is 1.75. The molecule has 0 bridgehead atoms. The van der Waals surface area contributed by atoms with Crippen LogP contribution in [0.1, 0.15) is 26.0 Å². The minimum Gasteiger partial charge on any atom is -0.349 e. The lowest BCUT2D eigenvalue weighted by Gasteiger charge is -2.25. The Balaban J connectivity index is 2.18. The van der Waals surface area contributed by atoms with Crippen LogP contribution in [0.5, 0.6) is 0 Å². The minimum atomic E-state index is -3.33. The van der Waals surface area contributed by atoms with E-state index in [1.165, 1.54) is 0 Å². The molecule has 1 aromatic heterocycles. The van der Waals surface area contributed by atoms with Gasteiger partial charge in [-0.05, 0) is 26.0 Å². The van der Waals surface area contributed by atoms with Crippen LogP contribution in [0.2, 0.25) is 0 Å². The summed E-state index contributed by atoms with van der Waals surface area (Å²) < 4.78 is 29.0. The van der Waals surface area contributed by atoms with Crippen molar-refractivity contribution in [3.63, 3.8) is 0 Å². The Hall–Kier alpha value is -0.500. The third-order valence-electron chi connectivity index (χ3n) is 3.64. The molecule has 0 saturated carbocycles. The van der Waals surface area contributed by atoms with Gasteiger partial charge in [-0.25, -0.2) is 8.42 Å². The molecule has 0 spiro atoms. The lowest BCUT2D eigenvalue weighted by atomic mass is 10.4. The highest BCUT2D eigenvalue weighted by atomic mass is 32.2. The zero-order valence-electron chi connectivity index (χ0n) is 12.8. The highest BCUT2D eigenvalue weighted by Crippen LogP contribution is 2.22. The van der Waals surface area contributed by atoms with Gasteiger partial charge in [0.2, 0.25) is 10.0 Å². The van der Waals surface area contributed by atoms with Crippen LogP contribution in [0.15, 0.2) is 17.2 Å². The standard InChI is InChI=1S/C14H25N3O2S2/c1-3-5-15-11-13-10-14(12-16(13)4-2)21(18,19)17-6-8-20-9-7-17/h10,12,15H,3-9,11H2,1-2H3. The molecule has 1 aromatic rings. The highest BCUT2D eigenvalue weighted by Gasteiger charge is 2.27. The third-order valence-corrected chi connectivity index (χ3v) is 6.45. The molecule has 5 nitrogen and oxygen atoms in total. The first-order chi connectivity index (χ1) is 10.1. The van der Waals surface area contributed by atoms with Gasteiger partial charge in [-0.3, -0.25) is 0 Å². The normalized spacial score (nSPS) is 17.2. The summed E-state index contributed by atoms with van der Waals surface area (Å²) in [6, 6.07) is 1.82. The average Bonchev–Trinajstić information content (AvgIpc) is 2.92. The van der Waals surface area contributed by atoms with Gasteiger partial charge in [0.25, 0.3) is 0 Å². The zero-order valence-corrected chi connectivity index (χ0v) is 14.5. The second-order valence-corrected chi connectivity index (χ2v) is 8.31. The zero-order chi connectivity index (χ0) is 15.3. The molecule has 21 heavy (non-hydrogen) atoms.